The highest BCUT2D eigenvalue weighted by Crippen LogP contribution is 2.36. The van der Waals surface area contributed by atoms with Crippen LogP contribution in [0.4, 0.5) is 10.5 Å². The second kappa shape index (κ2) is 7.18. The van der Waals surface area contributed by atoms with Crippen LogP contribution in [0.25, 0.3) is 0 Å². The predicted octanol–water partition coefficient (Wildman–Crippen LogP) is 3.37. The molecule has 2 unspecified atom stereocenters. The normalized spacial score (nSPS) is 22.8. The van der Waals surface area contributed by atoms with Gasteiger partial charge in [0.25, 0.3) is 0 Å². The van der Waals surface area contributed by atoms with Crippen LogP contribution in [0.1, 0.15) is 38.3 Å². The first kappa shape index (κ1) is 16.2. The van der Waals surface area contributed by atoms with Crippen molar-refractivity contribution in [2.24, 2.45) is 0 Å². The molecule has 5 heteroatoms. The number of carbonyl (C=O) groups is 1. The van der Waals surface area contributed by atoms with Crippen molar-refractivity contribution in [1.82, 2.24) is 10.6 Å². The number of anilines is 1. The summed E-state index contributed by atoms with van der Waals surface area (Å²) < 4.78 is 0.198. The van der Waals surface area contributed by atoms with Gasteiger partial charge in [-0.1, -0.05) is 12.1 Å². The molecule has 4 nitrogen and oxygen atoms in total. The van der Waals surface area contributed by atoms with Gasteiger partial charge in [0, 0.05) is 23.0 Å². The zero-order valence-electron chi connectivity index (χ0n) is 13.0. The third-order valence-electron chi connectivity index (χ3n) is 4.02. The van der Waals surface area contributed by atoms with E-state index in [1.807, 2.05) is 43.1 Å². The summed E-state index contributed by atoms with van der Waals surface area (Å²) in [4.78, 5) is 11.9. The van der Waals surface area contributed by atoms with E-state index in [1.165, 1.54) is 24.2 Å². The molecule has 116 valence electrons. The van der Waals surface area contributed by atoms with Crippen LogP contribution >= 0.6 is 11.8 Å². The molecule has 0 aromatic heterocycles. The Morgan fingerprint density at radius 3 is 2.67 bits per heavy atom. The molecule has 2 amide bonds. The Labute approximate surface area is 131 Å². The highest BCUT2D eigenvalue weighted by atomic mass is 32.2. The molecule has 1 saturated heterocycles. The van der Waals surface area contributed by atoms with Crippen molar-refractivity contribution in [3.63, 3.8) is 0 Å². The largest absolute Gasteiger partial charge is 0.336 e. The van der Waals surface area contributed by atoms with E-state index in [1.54, 1.807) is 0 Å². The molecule has 0 spiro atoms. The summed E-state index contributed by atoms with van der Waals surface area (Å²) in [7, 11) is 1.94. The maximum absolute atomic E-state index is 11.9. The molecule has 0 aliphatic carbocycles. The van der Waals surface area contributed by atoms with E-state index in [0.29, 0.717) is 6.04 Å². The van der Waals surface area contributed by atoms with Crippen LogP contribution in [0.15, 0.2) is 24.3 Å². The number of carbonyl (C=O) groups excluding carboxylic acids is 1. The Morgan fingerprint density at radius 2 is 2.10 bits per heavy atom. The number of urea groups is 1. The standard InChI is InChI=1S/C16H25N3OS/c1-12(17-3)13-5-7-14(8-6-13)19-15(20)18-11-16(2)9-4-10-21-16/h5-8,12,17H,4,9-11H2,1-3H3,(H2,18,19,20). The fraction of sp³-hybridized carbons (Fsp3) is 0.562. The van der Waals surface area contributed by atoms with Gasteiger partial charge in [0.05, 0.1) is 0 Å². The summed E-state index contributed by atoms with van der Waals surface area (Å²) in [6, 6.07) is 8.13. The number of amides is 2. The lowest BCUT2D eigenvalue weighted by Gasteiger charge is -2.23. The molecule has 21 heavy (non-hydrogen) atoms. The number of hydrogen-bond acceptors (Lipinski definition) is 3. The molecule has 2 atom stereocenters. The summed E-state index contributed by atoms with van der Waals surface area (Å²) >= 11 is 1.95. The predicted molar refractivity (Wildman–Crippen MR) is 91.0 cm³/mol. The van der Waals surface area contributed by atoms with Gasteiger partial charge in [-0.05, 0) is 57.2 Å². The molecular formula is C16H25N3OS. The van der Waals surface area contributed by atoms with Crippen molar-refractivity contribution >= 4 is 23.5 Å². The van der Waals surface area contributed by atoms with Crippen LogP contribution in [0.2, 0.25) is 0 Å². The summed E-state index contributed by atoms with van der Waals surface area (Å²) in [5.74, 6) is 1.20. The minimum Gasteiger partial charge on any atom is -0.336 e. The molecule has 3 N–H and O–H groups in total. The molecule has 0 radical (unpaired) electrons. The smallest absolute Gasteiger partial charge is 0.319 e. The third kappa shape index (κ3) is 4.64. The van der Waals surface area contributed by atoms with E-state index in [9.17, 15) is 4.79 Å². The lowest BCUT2D eigenvalue weighted by molar-refractivity contribution is 0.251. The van der Waals surface area contributed by atoms with Crippen LogP contribution in [0.3, 0.4) is 0 Å². The molecular weight excluding hydrogens is 282 g/mol. The number of thioether (sulfide) groups is 1. The van der Waals surface area contributed by atoms with E-state index in [4.69, 9.17) is 0 Å². The average Bonchev–Trinajstić information content (AvgIpc) is 2.92. The zero-order valence-corrected chi connectivity index (χ0v) is 13.8. The zero-order chi connectivity index (χ0) is 15.3. The van der Waals surface area contributed by atoms with Crippen LogP contribution < -0.4 is 16.0 Å². The van der Waals surface area contributed by atoms with Gasteiger partial charge in [-0.15, -0.1) is 0 Å². The SMILES string of the molecule is CNC(C)c1ccc(NC(=O)NCC2(C)CCCS2)cc1. The highest BCUT2D eigenvalue weighted by molar-refractivity contribution is 8.00. The maximum atomic E-state index is 11.9. The van der Waals surface area contributed by atoms with Gasteiger partial charge < -0.3 is 16.0 Å². The lowest BCUT2D eigenvalue weighted by Crippen LogP contribution is -2.39. The van der Waals surface area contributed by atoms with Crippen molar-refractivity contribution in [2.75, 3.05) is 24.7 Å². The molecule has 1 aromatic carbocycles. The van der Waals surface area contributed by atoms with E-state index >= 15 is 0 Å². The summed E-state index contributed by atoms with van der Waals surface area (Å²) in [5.41, 5.74) is 2.03. The fourth-order valence-electron chi connectivity index (χ4n) is 2.44. The molecule has 1 heterocycles. The number of nitrogens with one attached hydrogen (secondary N) is 3. The average molecular weight is 307 g/mol. The third-order valence-corrected chi connectivity index (χ3v) is 5.56. The number of benzene rings is 1. The first-order chi connectivity index (χ1) is 10.0. The molecule has 0 bridgehead atoms. The molecule has 1 aromatic rings. The molecule has 1 fully saturated rings. The second-order valence-electron chi connectivity index (χ2n) is 5.84. The Morgan fingerprint density at radius 1 is 1.38 bits per heavy atom. The van der Waals surface area contributed by atoms with Crippen molar-refractivity contribution in [3.05, 3.63) is 29.8 Å². The molecule has 1 aliphatic heterocycles. The van der Waals surface area contributed by atoms with Crippen LogP contribution in [0.5, 0.6) is 0 Å². The van der Waals surface area contributed by atoms with Crippen LogP contribution in [-0.4, -0.2) is 30.1 Å². The molecule has 2 rings (SSSR count). The monoisotopic (exact) mass is 307 g/mol. The molecule has 1 aliphatic rings. The van der Waals surface area contributed by atoms with Gasteiger partial charge in [-0.25, -0.2) is 4.79 Å². The van der Waals surface area contributed by atoms with Gasteiger partial charge in [-0.2, -0.15) is 11.8 Å². The number of hydrogen-bond donors (Lipinski definition) is 3. The van der Waals surface area contributed by atoms with E-state index in [2.05, 4.69) is 29.8 Å². The van der Waals surface area contributed by atoms with Crippen molar-refractivity contribution in [2.45, 2.75) is 37.5 Å². The van der Waals surface area contributed by atoms with E-state index in [0.717, 1.165) is 12.2 Å². The Hall–Kier alpha value is -1.20. The Balaban J connectivity index is 1.82. The Bertz CT molecular complexity index is 469. The van der Waals surface area contributed by atoms with Gasteiger partial charge in [0.1, 0.15) is 0 Å². The topological polar surface area (TPSA) is 53.2 Å². The number of rotatable bonds is 5. The van der Waals surface area contributed by atoms with Gasteiger partial charge in [0.15, 0.2) is 0 Å². The first-order valence-corrected chi connectivity index (χ1v) is 8.47. The van der Waals surface area contributed by atoms with Crippen molar-refractivity contribution in [1.29, 1.82) is 0 Å². The first-order valence-electron chi connectivity index (χ1n) is 7.48. The Kier molecular flexibility index (Phi) is 5.53. The minimum absolute atomic E-state index is 0.127. The quantitative estimate of drug-likeness (QED) is 0.782. The van der Waals surface area contributed by atoms with Crippen molar-refractivity contribution in [3.8, 4) is 0 Å². The summed E-state index contributed by atoms with van der Waals surface area (Å²) in [6.45, 7) is 5.05. The van der Waals surface area contributed by atoms with Gasteiger partial charge >= 0.3 is 6.03 Å². The highest BCUT2D eigenvalue weighted by Gasteiger charge is 2.29. The fourth-order valence-corrected chi connectivity index (χ4v) is 3.68. The van der Waals surface area contributed by atoms with Gasteiger partial charge in [0.2, 0.25) is 0 Å². The van der Waals surface area contributed by atoms with Crippen molar-refractivity contribution < 1.29 is 4.79 Å². The summed E-state index contributed by atoms with van der Waals surface area (Å²) in [6.07, 6.45) is 2.42. The lowest BCUT2D eigenvalue weighted by atomic mass is 10.1. The minimum atomic E-state index is -0.127. The van der Waals surface area contributed by atoms with Crippen LogP contribution in [0, 0.1) is 0 Å². The maximum Gasteiger partial charge on any atom is 0.319 e. The van der Waals surface area contributed by atoms with E-state index < -0.39 is 0 Å². The molecule has 0 saturated carbocycles. The van der Waals surface area contributed by atoms with Gasteiger partial charge in [-0.3, -0.25) is 0 Å². The summed E-state index contributed by atoms with van der Waals surface area (Å²) in [5, 5.41) is 9.06. The second-order valence-corrected chi connectivity index (χ2v) is 7.52. The van der Waals surface area contributed by atoms with E-state index in [-0.39, 0.29) is 10.8 Å². The van der Waals surface area contributed by atoms with Crippen LogP contribution in [-0.2, 0) is 0 Å².